The number of carbonyl (C=O) groups is 4. The molecule has 1 aliphatic carbocycles. The van der Waals surface area contributed by atoms with Crippen molar-refractivity contribution in [3.05, 3.63) is 95.1 Å². The lowest BCUT2D eigenvalue weighted by Gasteiger charge is -2.22. The first-order chi connectivity index (χ1) is 18.8. The molecule has 0 unspecified atom stereocenters. The van der Waals surface area contributed by atoms with Gasteiger partial charge in [0.1, 0.15) is 12.6 Å². The lowest BCUT2D eigenvalue weighted by atomic mass is 9.98. The Bertz CT molecular complexity index is 1390. The molecular formula is C30H28N2O7. The van der Waals surface area contributed by atoms with Gasteiger partial charge in [0.15, 0.2) is 0 Å². The van der Waals surface area contributed by atoms with E-state index in [1.807, 2.05) is 48.5 Å². The van der Waals surface area contributed by atoms with Crippen LogP contribution in [0.4, 0.5) is 4.79 Å². The number of carbonyl (C=O) groups excluding carboxylic acids is 2. The average molecular weight is 529 g/mol. The van der Waals surface area contributed by atoms with Gasteiger partial charge in [-0.2, -0.15) is 0 Å². The van der Waals surface area contributed by atoms with Gasteiger partial charge in [-0.25, -0.2) is 14.4 Å². The number of carboxylic acids is 2. The molecule has 1 fully saturated rings. The Morgan fingerprint density at radius 2 is 1.44 bits per heavy atom. The molecule has 3 aromatic rings. The highest BCUT2D eigenvalue weighted by atomic mass is 16.6. The topological polar surface area (TPSA) is 133 Å². The van der Waals surface area contributed by atoms with Crippen molar-refractivity contribution in [2.24, 2.45) is 5.92 Å². The van der Waals surface area contributed by atoms with Gasteiger partial charge in [-0.05, 0) is 53.1 Å². The molecule has 2 amide bonds. The third-order valence-electron chi connectivity index (χ3n) is 7.48. The summed E-state index contributed by atoms with van der Waals surface area (Å²) in [5.74, 6) is -3.12. The number of fused-ring (bicyclic) bond motifs is 3. The first-order valence-electron chi connectivity index (χ1n) is 12.8. The van der Waals surface area contributed by atoms with Crippen molar-refractivity contribution < 1.29 is 34.1 Å². The summed E-state index contributed by atoms with van der Waals surface area (Å²) < 4.78 is 5.69. The number of hydrogen-bond donors (Lipinski definition) is 3. The highest BCUT2D eigenvalue weighted by Gasteiger charge is 2.41. The molecule has 2 atom stereocenters. The molecular weight excluding hydrogens is 500 g/mol. The van der Waals surface area contributed by atoms with Crippen molar-refractivity contribution in [2.75, 3.05) is 19.7 Å². The number of carboxylic acid groups (broad SMARTS) is 2. The van der Waals surface area contributed by atoms with Gasteiger partial charge >= 0.3 is 18.0 Å². The third-order valence-corrected chi connectivity index (χ3v) is 7.48. The fourth-order valence-corrected chi connectivity index (χ4v) is 5.60. The Morgan fingerprint density at radius 3 is 2.05 bits per heavy atom. The van der Waals surface area contributed by atoms with Crippen LogP contribution >= 0.6 is 0 Å². The molecule has 0 aromatic heterocycles. The van der Waals surface area contributed by atoms with E-state index in [9.17, 15) is 29.4 Å². The maximum absolute atomic E-state index is 13.1. The Labute approximate surface area is 225 Å². The molecule has 9 nitrogen and oxygen atoms in total. The molecule has 0 spiro atoms. The number of aliphatic carboxylic acids is 1. The Morgan fingerprint density at radius 1 is 0.846 bits per heavy atom. The summed E-state index contributed by atoms with van der Waals surface area (Å²) in [5, 5.41) is 21.8. The van der Waals surface area contributed by atoms with E-state index in [1.165, 1.54) is 17.0 Å². The molecule has 1 aliphatic heterocycles. The average Bonchev–Trinajstić information content (AvgIpc) is 3.51. The van der Waals surface area contributed by atoms with Gasteiger partial charge in [-0.3, -0.25) is 9.69 Å². The zero-order valence-corrected chi connectivity index (χ0v) is 21.1. The number of likely N-dealkylation sites (tertiary alicyclic amines) is 1. The van der Waals surface area contributed by atoms with Crippen LogP contribution in [0.3, 0.4) is 0 Å². The minimum atomic E-state index is -1.19. The molecule has 1 saturated heterocycles. The Hall–Kier alpha value is -4.66. The number of nitrogens with one attached hydrogen (secondary N) is 1. The summed E-state index contributed by atoms with van der Waals surface area (Å²) in [6.45, 7) is 0.497. The second kappa shape index (κ2) is 11.0. The van der Waals surface area contributed by atoms with Crippen LogP contribution < -0.4 is 5.32 Å². The maximum Gasteiger partial charge on any atom is 0.410 e. The molecule has 0 bridgehead atoms. The summed E-state index contributed by atoms with van der Waals surface area (Å²) in [5.41, 5.74) is 4.31. The Balaban J connectivity index is 1.19. The predicted molar refractivity (Wildman–Crippen MR) is 142 cm³/mol. The number of nitrogens with zero attached hydrogens (tertiary/aromatic N) is 1. The van der Waals surface area contributed by atoms with Gasteiger partial charge in [-0.15, -0.1) is 0 Å². The zero-order chi connectivity index (χ0) is 27.5. The number of benzene rings is 3. The first-order valence-corrected chi connectivity index (χ1v) is 12.8. The van der Waals surface area contributed by atoms with Crippen LogP contribution in [0, 0.1) is 5.92 Å². The normalized spacial score (nSPS) is 17.8. The van der Waals surface area contributed by atoms with Crippen molar-refractivity contribution in [3.63, 3.8) is 0 Å². The molecule has 2 aliphatic rings. The van der Waals surface area contributed by atoms with E-state index in [-0.39, 0.29) is 49.1 Å². The second-order valence-corrected chi connectivity index (χ2v) is 9.81. The minimum Gasteiger partial charge on any atom is -0.480 e. The van der Waals surface area contributed by atoms with E-state index in [0.29, 0.717) is 6.42 Å². The van der Waals surface area contributed by atoms with Crippen molar-refractivity contribution in [3.8, 4) is 11.1 Å². The largest absolute Gasteiger partial charge is 0.480 e. The number of hydrogen-bond acceptors (Lipinski definition) is 5. The number of ether oxygens (including phenoxy) is 1. The molecule has 3 aromatic carbocycles. The van der Waals surface area contributed by atoms with Crippen LogP contribution in [-0.2, 0) is 9.53 Å². The highest BCUT2D eigenvalue weighted by Crippen LogP contribution is 2.44. The third kappa shape index (κ3) is 5.20. The van der Waals surface area contributed by atoms with Gasteiger partial charge in [0.2, 0.25) is 0 Å². The van der Waals surface area contributed by atoms with E-state index in [2.05, 4.69) is 5.32 Å². The first kappa shape index (κ1) is 26.0. The molecule has 200 valence electrons. The van der Waals surface area contributed by atoms with Crippen LogP contribution in [0.1, 0.15) is 50.6 Å². The molecule has 0 radical (unpaired) electrons. The predicted octanol–water partition coefficient (Wildman–Crippen LogP) is 4.23. The van der Waals surface area contributed by atoms with Crippen molar-refractivity contribution >= 4 is 23.9 Å². The monoisotopic (exact) mass is 528 g/mol. The smallest absolute Gasteiger partial charge is 0.410 e. The number of amides is 2. The van der Waals surface area contributed by atoms with Gasteiger partial charge in [0, 0.05) is 19.0 Å². The van der Waals surface area contributed by atoms with Crippen molar-refractivity contribution in [1.82, 2.24) is 10.2 Å². The van der Waals surface area contributed by atoms with Crippen LogP contribution in [0.15, 0.2) is 72.8 Å². The van der Waals surface area contributed by atoms with Crippen molar-refractivity contribution in [2.45, 2.75) is 24.8 Å². The molecule has 3 N–H and O–H groups in total. The van der Waals surface area contributed by atoms with Gasteiger partial charge < -0.3 is 20.3 Å². The summed E-state index contributed by atoms with van der Waals surface area (Å²) in [6.07, 6.45) is -0.00913. The fourth-order valence-electron chi connectivity index (χ4n) is 5.60. The van der Waals surface area contributed by atoms with Gasteiger partial charge in [0.25, 0.3) is 5.91 Å². The van der Waals surface area contributed by atoms with E-state index in [1.54, 1.807) is 12.1 Å². The lowest BCUT2D eigenvalue weighted by Crippen LogP contribution is -2.41. The fraction of sp³-hybridized carbons (Fsp3) is 0.267. The van der Waals surface area contributed by atoms with E-state index < -0.39 is 30.0 Å². The maximum atomic E-state index is 13.1. The van der Waals surface area contributed by atoms with E-state index in [4.69, 9.17) is 4.74 Å². The molecule has 0 saturated carbocycles. The Kier molecular flexibility index (Phi) is 7.31. The molecule has 5 rings (SSSR count). The zero-order valence-electron chi connectivity index (χ0n) is 21.1. The minimum absolute atomic E-state index is 0.0556. The summed E-state index contributed by atoms with van der Waals surface area (Å²) in [6, 6.07) is 20.9. The highest BCUT2D eigenvalue weighted by molar-refractivity contribution is 6.04. The van der Waals surface area contributed by atoms with Gasteiger partial charge in [0.05, 0.1) is 11.1 Å². The van der Waals surface area contributed by atoms with E-state index in [0.717, 1.165) is 22.3 Å². The SMILES string of the molecule is O=C(O)c1ccccc1C(=O)NCC[C@@H]1C[C@H](C(=O)O)N(C(=O)OCC2c3ccccc3-c3ccccc32)C1. The number of rotatable bonds is 8. The standard InChI is InChI=1S/C30H28N2O7/c33-27(23-11-5-6-12-24(23)28(34)35)31-14-13-18-15-26(29(36)37)32(16-18)30(38)39-17-25-21-9-3-1-7-19(21)20-8-2-4-10-22(20)25/h1-12,18,25-26H,13-17H2,(H,31,33)(H,34,35)(H,36,37)/t18-,26-/m1/s1. The van der Waals surface area contributed by atoms with Gasteiger partial charge in [-0.1, -0.05) is 60.7 Å². The lowest BCUT2D eigenvalue weighted by molar-refractivity contribution is -0.141. The van der Waals surface area contributed by atoms with Crippen LogP contribution in [0.25, 0.3) is 11.1 Å². The summed E-state index contributed by atoms with van der Waals surface area (Å²) in [4.78, 5) is 50.2. The molecule has 9 heteroatoms. The number of aromatic carboxylic acids is 1. The summed E-state index contributed by atoms with van der Waals surface area (Å²) in [7, 11) is 0. The second-order valence-electron chi connectivity index (χ2n) is 9.81. The van der Waals surface area contributed by atoms with Crippen LogP contribution in [-0.4, -0.2) is 64.8 Å². The van der Waals surface area contributed by atoms with E-state index >= 15 is 0 Å². The quantitative estimate of drug-likeness (QED) is 0.398. The summed E-state index contributed by atoms with van der Waals surface area (Å²) >= 11 is 0. The van der Waals surface area contributed by atoms with Crippen LogP contribution in [0.2, 0.25) is 0 Å². The van der Waals surface area contributed by atoms with Crippen LogP contribution in [0.5, 0.6) is 0 Å². The molecule has 1 heterocycles. The molecule has 39 heavy (non-hydrogen) atoms. The van der Waals surface area contributed by atoms with Crippen molar-refractivity contribution in [1.29, 1.82) is 0 Å².